The van der Waals surface area contributed by atoms with Gasteiger partial charge in [-0.1, -0.05) is 0 Å². The van der Waals surface area contributed by atoms with E-state index in [1.54, 1.807) is 15.0 Å². The van der Waals surface area contributed by atoms with Crippen molar-refractivity contribution in [3.63, 3.8) is 0 Å². The van der Waals surface area contributed by atoms with Crippen LogP contribution in [0.5, 0.6) is 0 Å². The van der Waals surface area contributed by atoms with Crippen LogP contribution >= 0.6 is 0 Å². The van der Waals surface area contributed by atoms with Gasteiger partial charge in [0.15, 0.2) is 0 Å². The Bertz CT molecular complexity index is 1340. The van der Waals surface area contributed by atoms with Gasteiger partial charge in [0.1, 0.15) is 11.3 Å². The summed E-state index contributed by atoms with van der Waals surface area (Å²) in [6.07, 6.45) is 3.78. The number of fused-ring (bicyclic) bond motifs is 2. The van der Waals surface area contributed by atoms with E-state index in [-0.39, 0.29) is 5.56 Å². The topological polar surface area (TPSA) is 71.0 Å². The van der Waals surface area contributed by atoms with E-state index >= 15 is 0 Å². The minimum atomic E-state index is -0.111. The molecule has 4 aromatic heterocycles. The molecule has 8 nitrogen and oxygen atoms in total. The Morgan fingerprint density at radius 3 is 2.45 bits per heavy atom. The lowest BCUT2D eigenvalue weighted by Gasteiger charge is -2.43. The second-order valence-electron chi connectivity index (χ2n) is 8.69. The van der Waals surface area contributed by atoms with Gasteiger partial charge in [0.2, 0.25) is 0 Å². The first-order valence-electron chi connectivity index (χ1n) is 10.6. The van der Waals surface area contributed by atoms with Crippen LogP contribution in [0, 0.1) is 13.8 Å². The van der Waals surface area contributed by atoms with Crippen molar-refractivity contribution in [1.82, 2.24) is 28.9 Å². The molecule has 0 spiro atoms. The highest BCUT2D eigenvalue weighted by molar-refractivity contribution is 5.66. The molecule has 8 heteroatoms. The first-order chi connectivity index (χ1) is 14.8. The second-order valence-corrected chi connectivity index (χ2v) is 8.69. The molecule has 1 saturated heterocycles. The number of hydrogen-bond acceptors (Lipinski definition) is 6. The van der Waals surface area contributed by atoms with E-state index in [0.29, 0.717) is 29.1 Å². The number of pyridine rings is 1. The number of rotatable bonds is 2. The third-order valence-electron chi connectivity index (χ3n) is 6.39. The molecule has 0 aliphatic carbocycles. The Hall–Kier alpha value is -3.26. The summed E-state index contributed by atoms with van der Waals surface area (Å²) in [5.74, 6) is 0. The number of nitrogens with zero attached hydrogens (tertiary/aromatic N) is 7. The smallest absolute Gasteiger partial charge is 0.258 e. The molecule has 5 rings (SSSR count). The molecule has 0 radical (unpaired) electrons. The van der Waals surface area contributed by atoms with Gasteiger partial charge in [-0.15, -0.1) is 0 Å². The van der Waals surface area contributed by atoms with Crippen molar-refractivity contribution in [3.8, 4) is 11.4 Å². The molecule has 2 atom stereocenters. The SMILES string of the molecule is Cc1cn2nc(-c3cc(=O)n4cc(N5C[C@@H](C)N(C)[C@@H](C)C5)ccc4n3)cc2c(C)n1. The van der Waals surface area contributed by atoms with Crippen molar-refractivity contribution in [2.24, 2.45) is 0 Å². The van der Waals surface area contributed by atoms with Gasteiger partial charge in [0, 0.05) is 37.4 Å². The summed E-state index contributed by atoms with van der Waals surface area (Å²) >= 11 is 0. The Morgan fingerprint density at radius 1 is 0.968 bits per heavy atom. The molecule has 0 saturated carbocycles. The molecule has 0 bridgehead atoms. The summed E-state index contributed by atoms with van der Waals surface area (Å²) in [6.45, 7) is 10.2. The lowest BCUT2D eigenvalue weighted by Crippen LogP contribution is -2.55. The third kappa shape index (κ3) is 3.37. The molecule has 5 heterocycles. The normalized spacial score (nSPS) is 20.1. The van der Waals surface area contributed by atoms with Crippen LogP contribution in [0.15, 0.2) is 41.5 Å². The van der Waals surface area contributed by atoms with Crippen LogP contribution in [0.25, 0.3) is 22.6 Å². The van der Waals surface area contributed by atoms with E-state index in [1.165, 1.54) is 0 Å². The fraction of sp³-hybridized carbons (Fsp3) is 0.391. The molecule has 1 aliphatic heterocycles. The van der Waals surface area contributed by atoms with Crippen LogP contribution in [0.1, 0.15) is 25.2 Å². The lowest BCUT2D eigenvalue weighted by atomic mass is 10.1. The zero-order valence-electron chi connectivity index (χ0n) is 18.6. The number of piperazine rings is 1. The first kappa shape index (κ1) is 19.7. The van der Waals surface area contributed by atoms with Gasteiger partial charge in [0.25, 0.3) is 5.56 Å². The lowest BCUT2D eigenvalue weighted by molar-refractivity contribution is 0.170. The molecule has 31 heavy (non-hydrogen) atoms. The van der Waals surface area contributed by atoms with Crippen molar-refractivity contribution in [2.75, 3.05) is 25.0 Å². The Kier molecular flexibility index (Phi) is 4.55. The molecule has 4 aromatic rings. The van der Waals surface area contributed by atoms with Gasteiger partial charge in [-0.05, 0) is 52.9 Å². The summed E-state index contributed by atoms with van der Waals surface area (Å²) in [7, 11) is 2.17. The Morgan fingerprint density at radius 2 is 1.71 bits per heavy atom. The summed E-state index contributed by atoms with van der Waals surface area (Å²) in [4.78, 5) is 26.9. The van der Waals surface area contributed by atoms with E-state index in [0.717, 1.165) is 35.7 Å². The first-order valence-corrected chi connectivity index (χ1v) is 10.6. The zero-order chi connectivity index (χ0) is 21.9. The van der Waals surface area contributed by atoms with Gasteiger partial charge in [-0.2, -0.15) is 5.10 Å². The Balaban J connectivity index is 1.54. The highest BCUT2D eigenvalue weighted by atomic mass is 16.1. The molecule has 0 amide bonds. The van der Waals surface area contributed by atoms with Crippen molar-refractivity contribution in [3.05, 3.63) is 58.4 Å². The van der Waals surface area contributed by atoms with Crippen molar-refractivity contribution < 1.29 is 0 Å². The zero-order valence-corrected chi connectivity index (χ0v) is 18.6. The van der Waals surface area contributed by atoms with E-state index < -0.39 is 0 Å². The fourth-order valence-corrected chi connectivity index (χ4v) is 4.44. The molecule has 0 aromatic carbocycles. The molecular formula is C23H27N7O. The number of aromatic nitrogens is 5. The minimum absolute atomic E-state index is 0.111. The fourth-order valence-electron chi connectivity index (χ4n) is 4.44. The average molecular weight is 418 g/mol. The largest absolute Gasteiger partial charge is 0.367 e. The standard InChI is InChI=1S/C23H27N7O/c1-14-10-30-21(17(4)24-14)8-20(26-30)19-9-23(31)29-13-18(6-7-22(29)25-19)28-11-15(2)27(5)16(3)12-28/h6-10,13,15-16H,11-12H2,1-5H3/t15-,16+. The van der Waals surface area contributed by atoms with Crippen molar-refractivity contribution in [1.29, 1.82) is 0 Å². The summed E-state index contributed by atoms with van der Waals surface area (Å²) in [5, 5.41) is 4.62. The highest BCUT2D eigenvalue weighted by Crippen LogP contribution is 2.23. The third-order valence-corrected chi connectivity index (χ3v) is 6.39. The maximum absolute atomic E-state index is 13.0. The van der Waals surface area contributed by atoms with E-state index in [9.17, 15) is 4.79 Å². The van der Waals surface area contributed by atoms with E-state index in [2.05, 4.69) is 46.8 Å². The van der Waals surface area contributed by atoms with Crippen molar-refractivity contribution >= 4 is 16.9 Å². The number of hydrogen-bond donors (Lipinski definition) is 0. The van der Waals surface area contributed by atoms with E-state index in [4.69, 9.17) is 4.98 Å². The van der Waals surface area contributed by atoms with Gasteiger partial charge in [-0.25, -0.2) is 9.50 Å². The van der Waals surface area contributed by atoms with Crippen LogP contribution < -0.4 is 10.5 Å². The van der Waals surface area contributed by atoms with Gasteiger partial charge in [-0.3, -0.25) is 19.1 Å². The molecule has 0 unspecified atom stereocenters. The number of aryl methyl sites for hydroxylation is 2. The maximum atomic E-state index is 13.0. The number of likely N-dealkylation sites (N-methyl/N-ethyl adjacent to an activating group) is 1. The second kappa shape index (κ2) is 7.16. The molecule has 0 N–H and O–H groups in total. The van der Waals surface area contributed by atoms with Gasteiger partial charge >= 0.3 is 0 Å². The maximum Gasteiger partial charge on any atom is 0.258 e. The molecule has 1 aliphatic rings. The van der Waals surface area contributed by atoms with Crippen LogP contribution in [0.4, 0.5) is 5.69 Å². The molecule has 1 fully saturated rings. The summed E-state index contributed by atoms with van der Waals surface area (Å²) in [5.41, 5.74) is 5.49. The van der Waals surface area contributed by atoms with E-state index in [1.807, 2.05) is 38.4 Å². The highest BCUT2D eigenvalue weighted by Gasteiger charge is 2.26. The van der Waals surface area contributed by atoms with Gasteiger partial charge in [0.05, 0.1) is 34.5 Å². The van der Waals surface area contributed by atoms with Gasteiger partial charge < -0.3 is 4.90 Å². The van der Waals surface area contributed by atoms with Crippen LogP contribution in [-0.2, 0) is 0 Å². The predicted octanol–water partition coefficient (Wildman–Crippen LogP) is 2.55. The van der Waals surface area contributed by atoms with Crippen LogP contribution in [0.3, 0.4) is 0 Å². The van der Waals surface area contributed by atoms with Crippen LogP contribution in [0.2, 0.25) is 0 Å². The summed E-state index contributed by atoms with van der Waals surface area (Å²) < 4.78 is 3.43. The minimum Gasteiger partial charge on any atom is -0.367 e. The molecule has 160 valence electrons. The predicted molar refractivity (Wildman–Crippen MR) is 122 cm³/mol. The number of anilines is 1. The average Bonchev–Trinajstić information content (AvgIpc) is 3.16. The summed E-state index contributed by atoms with van der Waals surface area (Å²) in [6, 6.07) is 8.37. The van der Waals surface area contributed by atoms with Crippen LogP contribution in [-0.4, -0.2) is 61.1 Å². The monoisotopic (exact) mass is 417 g/mol. The quantitative estimate of drug-likeness (QED) is 0.499. The van der Waals surface area contributed by atoms with Crippen molar-refractivity contribution in [2.45, 2.75) is 39.8 Å². The Labute approximate surface area is 180 Å². The molecular weight excluding hydrogens is 390 g/mol.